The van der Waals surface area contributed by atoms with E-state index in [4.69, 9.17) is 28.9 Å². The number of rotatable bonds is 6. The van der Waals surface area contributed by atoms with Crippen molar-refractivity contribution in [2.45, 2.75) is 24.6 Å². The zero-order valence-electron chi connectivity index (χ0n) is 12.9. The largest absolute Gasteiger partial charge is 0.369 e. The van der Waals surface area contributed by atoms with E-state index in [-0.39, 0.29) is 28.9 Å². The van der Waals surface area contributed by atoms with Crippen LogP contribution in [0, 0.1) is 13.8 Å². The average molecular weight is 405 g/mol. The highest BCUT2D eigenvalue weighted by molar-refractivity contribution is 8.01. The van der Waals surface area contributed by atoms with Gasteiger partial charge in [-0.3, -0.25) is 9.59 Å². The molecular formula is C14H14Cl2N4O2S2. The maximum absolute atomic E-state index is 12.0. The molecule has 3 N–H and O–H groups in total. The minimum Gasteiger partial charge on any atom is -0.369 e. The second-order valence-electron chi connectivity index (χ2n) is 4.85. The van der Waals surface area contributed by atoms with Gasteiger partial charge in [-0.15, -0.1) is 11.3 Å². The molecule has 10 heteroatoms. The Morgan fingerprint density at radius 1 is 1.25 bits per heavy atom. The number of pyridine rings is 1. The number of nitrogens with two attached hydrogens (primary N) is 1. The van der Waals surface area contributed by atoms with Crippen LogP contribution in [0.25, 0.3) is 0 Å². The smallest absolute Gasteiger partial charge is 0.236 e. The number of nitrogens with one attached hydrogen (secondary N) is 1. The van der Waals surface area contributed by atoms with Crippen LogP contribution in [0.2, 0.25) is 10.0 Å². The molecule has 2 amide bonds. The molecule has 0 fully saturated rings. The van der Waals surface area contributed by atoms with Crippen molar-refractivity contribution in [2.24, 2.45) is 5.73 Å². The lowest BCUT2D eigenvalue weighted by atomic mass is 10.3. The lowest BCUT2D eigenvalue weighted by Gasteiger charge is -2.07. The Balaban J connectivity index is 1.96. The normalized spacial score (nSPS) is 10.7. The predicted molar refractivity (Wildman–Crippen MR) is 98.1 cm³/mol. The van der Waals surface area contributed by atoms with Gasteiger partial charge in [0.2, 0.25) is 11.8 Å². The molecule has 0 aliphatic rings. The zero-order chi connectivity index (χ0) is 17.9. The van der Waals surface area contributed by atoms with Crippen LogP contribution in [0.1, 0.15) is 16.3 Å². The van der Waals surface area contributed by atoms with Gasteiger partial charge in [-0.1, -0.05) is 35.0 Å². The summed E-state index contributed by atoms with van der Waals surface area (Å²) in [5, 5.41) is 3.36. The standard InChI is InChI=1S/C14H14Cl2N4O2S2/c1-6-8(15)3-9(16)13(18-6)20-12(22)5-23-14-19-7(2)10(24-14)4-11(17)21/h3H,4-5H2,1-2H3,(H2,17,21)(H,18,20,22). The van der Waals surface area contributed by atoms with Gasteiger partial charge >= 0.3 is 0 Å². The van der Waals surface area contributed by atoms with Gasteiger partial charge in [-0.05, 0) is 19.9 Å². The van der Waals surface area contributed by atoms with E-state index < -0.39 is 5.91 Å². The van der Waals surface area contributed by atoms with Crippen molar-refractivity contribution in [3.05, 3.63) is 32.4 Å². The Labute approximate surface area is 157 Å². The number of nitrogens with zero attached hydrogens (tertiary/aromatic N) is 2. The van der Waals surface area contributed by atoms with Crippen molar-refractivity contribution >= 4 is 63.9 Å². The molecule has 6 nitrogen and oxygen atoms in total. The summed E-state index contributed by atoms with van der Waals surface area (Å²) in [6.45, 7) is 3.53. The van der Waals surface area contributed by atoms with E-state index in [0.29, 0.717) is 15.1 Å². The van der Waals surface area contributed by atoms with Gasteiger partial charge in [0.15, 0.2) is 10.2 Å². The van der Waals surface area contributed by atoms with Gasteiger partial charge < -0.3 is 11.1 Å². The number of primary amides is 1. The lowest BCUT2D eigenvalue weighted by molar-refractivity contribution is -0.117. The van der Waals surface area contributed by atoms with Gasteiger partial charge in [0.1, 0.15) is 0 Å². The molecule has 0 saturated carbocycles. The second-order valence-corrected chi connectivity index (χ2v) is 7.97. The summed E-state index contributed by atoms with van der Waals surface area (Å²) in [5.41, 5.74) is 6.52. The van der Waals surface area contributed by atoms with E-state index in [1.54, 1.807) is 13.8 Å². The van der Waals surface area contributed by atoms with Crippen molar-refractivity contribution in [3.63, 3.8) is 0 Å². The van der Waals surface area contributed by atoms with Gasteiger partial charge in [0, 0.05) is 4.88 Å². The highest BCUT2D eigenvalue weighted by Crippen LogP contribution is 2.29. The van der Waals surface area contributed by atoms with Crippen molar-refractivity contribution in [3.8, 4) is 0 Å². The van der Waals surface area contributed by atoms with E-state index >= 15 is 0 Å². The van der Waals surface area contributed by atoms with Gasteiger partial charge in [0.25, 0.3) is 0 Å². The summed E-state index contributed by atoms with van der Waals surface area (Å²) < 4.78 is 0.699. The molecule has 2 aromatic rings. The van der Waals surface area contributed by atoms with Crippen LogP contribution in [-0.2, 0) is 16.0 Å². The molecule has 24 heavy (non-hydrogen) atoms. The summed E-state index contributed by atoms with van der Waals surface area (Å²) in [6.07, 6.45) is 0.153. The van der Waals surface area contributed by atoms with Crippen LogP contribution in [0.15, 0.2) is 10.4 Å². The van der Waals surface area contributed by atoms with E-state index in [1.807, 2.05) is 0 Å². The quantitative estimate of drug-likeness (QED) is 0.720. The number of anilines is 1. The molecule has 0 atom stereocenters. The molecule has 0 unspecified atom stereocenters. The molecule has 0 bridgehead atoms. The van der Waals surface area contributed by atoms with Crippen LogP contribution < -0.4 is 11.1 Å². The van der Waals surface area contributed by atoms with Crippen LogP contribution in [0.3, 0.4) is 0 Å². The van der Waals surface area contributed by atoms with Gasteiger partial charge in [-0.25, -0.2) is 9.97 Å². The molecule has 2 aromatic heterocycles. The molecule has 128 valence electrons. The van der Waals surface area contributed by atoms with Crippen LogP contribution in [0.4, 0.5) is 5.82 Å². The monoisotopic (exact) mass is 404 g/mol. The topological polar surface area (TPSA) is 98.0 Å². The molecule has 0 aromatic carbocycles. The number of thiazole rings is 1. The van der Waals surface area contributed by atoms with E-state index in [0.717, 1.165) is 10.6 Å². The van der Waals surface area contributed by atoms with E-state index in [9.17, 15) is 9.59 Å². The Morgan fingerprint density at radius 3 is 2.62 bits per heavy atom. The van der Waals surface area contributed by atoms with Crippen molar-refractivity contribution in [1.29, 1.82) is 0 Å². The average Bonchev–Trinajstić information content (AvgIpc) is 2.82. The number of amides is 2. The van der Waals surface area contributed by atoms with Crippen LogP contribution in [-0.4, -0.2) is 27.5 Å². The molecule has 0 saturated heterocycles. The fourth-order valence-corrected chi connectivity index (χ4v) is 4.18. The number of aromatic nitrogens is 2. The van der Waals surface area contributed by atoms with E-state index in [2.05, 4.69) is 15.3 Å². The first kappa shape index (κ1) is 19.0. The maximum Gasteiger partial charge on any atom is 0.236 e. The fraction of sp³-hybridized carbons (Fsp3) is 0.286. The van der Waals surface area contributed by atoms with Crippen LogP contribution >= 0.6 is 46.3 Å². The maximum atomic E-state index is 12.0. The lowest BCUT2D eigenvalue weighted by Crippen LogP contribution is -2.15. The summed E-state index contributed by atoms with van der Waals surface area (Å²) in [4.78, 5) is 32.3. The second kappa shape index (κ2) is 8.15. The zero-order valence-corrected chi connectivity index (χ0v) is 16.0. The van der Waals surface area contributed by atoms with Gasteiger partial charge in [-0.2, -0.15) is 0 Å². The van der Waals surface area contributed by atoms with Crippen molar-refractivity contribution in [1.82, 2.24) is 9.97 Å². The fourth-order valence-electron chi connectivity index (χ4n) is 1.73. The highest BCUT2D eigenvalue weighted by Gasteiger charge is 2.14. The third-order valence-corrected chi connectivity index (χ3v) is 5.87. The highest BCUT2D eigenvalue weighted by atomic mass is 35.5. The summed E-state index contributed by atoms with van der Waals surface area (Å²) in [6, 6.07) is 1.54. The molecule has 2 rings (SSSR count). The first-order chi connectivity index (χ1) is 11.3. The van der Waals surface area contributed by atoms with Crippen molar-refractivity contribution in [2.75, 3.05) is 11.1 Å². The minimum absolute atomic E-state index is 0.142. The summed E-state index contributed by atoms with van der Waals surface area (Å²) >= 11 is 14.6. The molecular weight excluding hydrogens is 391 g/mol. The number of halogens is 2. The SMILES string of the molecule is Cc1nc(NC(=O)CSc2nc(C)c(CC(N)=O)s2)c(Cl)cc1Cl. The molecule has 2 heterocycles. The molecule has 0 aliphatic carbocycles. The van der Waals surface area contributed by atoms with Crippen molar-refractivity contribution < 1.29 is 9.59 Å². The Bertz CT molecular complexity index is 795. The number of aryl methyl sites for hydroxylation is 2. The molecule has 0 radical (unpaired) electrons. The summed E-state index contributed by atoms with van der Waals surface area (Å²) in [7, 11) is 0. The number of hydrogen-bond acceptors (Lipinski definition) is 6. The predicted octanol–water partition coefficient (Wildman–Crippen LogP) is 3.22. The molecule has 0 spiro atoms. The minimum atomic E-state index is -0.408. The van der Waals surface area contributed by atoms with Crippen LogP contribution in [0.5, 0.6) is 0 Å². The third-order valence-electron chi connectivity index (χ3n) is 2.90. The Morgan fingerprint density at radius 2 is 1.96 bits per heavy atom. The summed E-state index contributed by atoms with van der Waals surface area (Å²) in [5.74, 6) is -0.257. The van der Waals surface area contributed by atoms with Gasteiger partial charge in [0.05, 0.1) is 33.6 Å². The third kappa shape index (κ3) is 5.07. The number of carbonyl (C=O) groups excluding carboxylic acids is 2. The molecule has 0 aliphatic heterocycles. The first-order valence-corrected chi connectivity index (χ1v) is 9.32. The number of hydrogen-bond donors (Lipinski definition) is 2. The van der Waals surface area contributed by atoms with E-state index in [1.165, 1.54) is 29.2 Å². The Kier molecular flexibility index (Phi) is 6.45. The number of carbonyl (C=O) groups is 2. The Hall–Kier alpha value is -1.35. The first-order valence-electron chi connectivity index (χ1n) is 6.76. The number of thioether (sulfide) groups is 1.